The summed E-state index contributed by atoms with van der Waals surface area (Å²) in [6.07, 6.45) is 4.62. The summed E-state index contributed by atoms with van der Waals surface area (Å²) in [5.41, 5.74) is 2.86. The number of fused-ring (bicyclic) bond motifs is 1. The number of aryl methyl sites for hydroxylation is 1. The van der Waals surface area contributed by atoms with E-state index in [2.05, 4.69) is 15.2 Å². The van der Waals surface area contributed by atoms with E-state index < -0.39 is 0 Å². The number of amides is 1. The van der Waals surface area contributed by atoms with Crippen LogP contribution in [-0.2, 0) is 17.6 Å². The molecule has 0 unspecified atom stereocenters. The SMILES string of the molecule is CC(C)NC(=O)CN(C)c1nc(-c2cc(OCCN(C)C)ccn2)nc2c1CCC2. The maximum absolute atomic E-state index is 12.3. The van der Waals surface area contributed by atoms with E-state index in [-0.39, 0.29) is 18.5 Å². The van der Waals surface area contributed by atoms with E-state index in [0.29, 0.717) is 18.1 Å². The lowest BCUT2D eigenvalue weighted by Gasteiger charge is -2.22. The molecule has 0 saturated heterocycles. The molecule has 1 aliphatic carbocycles. The molecule has 3 rings (SSSR count). The molecule has 0 aliphatic heterocycles. The van der Waals surface area contributed by atoms with Gasteiger partial charge in [0.05, 0.1) is 6.54 Å². The fourth-order valence-corrected chi connectivity index (χ4v) is 3.47. The van der Waals surface area contributed by atoms with Gasteiger partial charge in [-0.15, -0.1) is 0 Å². The number of hydrogen-bond acceptors (Lipinski definition) is 7. The number of rotatable bonds is 9. The molecule has 0 spiro atoms. The highest BCUT2D eigenvalue weighted by molar-refractivity contribution is 5.81. The molecule has 2 heterocycles. The Morgan fingerprint density at radius 3 is 2.77 bits per heavy atom. The summed E-state index contributed by atoms with van der Waals surface area (Å²) >= 11 is 0. The fraction of sp³-hybridized carbons (Fsp3) is 0.545. The summed E-state index contributed by atoms with van der Waals surface area (Å²) < 4.78 is 5.84. The standard InChI is InChI=1S/C22H32N6O2/c1-15(2)24-20(29)14-28(5)22-17-7-6-8-18(17)25-21(26-22)19-13-16(9-10-23-19)30-12-11-27(3)4/h9-10,13,15H,6-8,11-12,14H2,1-5H3,(H,24,29). The van der Waals surface area contributed by atoms with Gasteiger partial charge in [-0.25, -0.2) is 9.97 Å². The first-order valence-corrected chi connectivity index (χ1v) is 10.5. The van der Waals surface area contributed by atoms with E-state index in [9.17, 15) is 4.79 Å². The normalized spacial score (nSPS) is 12.9. The van der Waals surface area contributed by atoms with Crippen LogP contribution in [0.5, 0.6) is 5.75 Å². The second kappa shape index (κ2) is 9.84. The molecule has 1 amide bonds. The topological polar surface area (TPSA) is 83.5 Å². The maximum atomic E-state index is 12.3. The smallest absolute Gasteiger partial charge is 0.239 e. The van der Waals surface area contributed by atoms with Crippen LogP contribution >= 0.6 is 0 Å². The van der Waals surface area contributed by atoms with Gasteiger partial charge in [0.2, 0.25) is 5.91 Å². The maximum Gasteiger partial charge on any atom is 0.239 e. The van der Waals surface area contributed by atoms with E-state index in [0.717, 1.165) is 48.6 Å². The molecule has 162 valence electrons. The predicted molar refractivity (Wildman–Crippen MR) is 118 cm³/mol. The number of likely N-dealkylation sites (N-methyl/N-ethyl adjacent to an activating group) is 2. The van der Waals surface area contributed by atoms with Crippen LogP contribution in [-0.4, -0.2) is 72.6 Å². The van der Waals surface area contributed by atoms with Crippen molar-refractivity contribution in [2.75, 3.05) is 45.7 Å². The molecule has 0 saturated carbocycles. The Morgan fingerprint density at radius 2 is 2.03 bits per heavy atom. The van der Waals surface area contributed by atoms with Crippen LogP contribution in [0.25, 0.3) is 11.5 Å². The first-order valence-electron chi connectivity index (χ1n) is 10.5. The Labute approximate surface area is 178 Å². The minimum absolute atomic E-state index is 0.0196. The van der Waals surface area contributed by atoms with Gasteiger partial charge in [0.1, 0.15) is 23.9 Å². The molecule has 0 atom stereocenters. The monoisotopic (exact) mass is 412 g/mol. The zero-order valence-electron chi connectivity index (χ0n) is 18.6. The molecule has 30 heavy (non-hydrogen) atoms. The van der Waals surface area contributed by atoms with Gasteiger partial charge in [0, 0.05) is 43.2 Å². The summed E-state index contributed by atoms with van der Waals surface area (Å²) in [4.78, 5) is 30.3. The Morgan fingerprint density at radius 1 is 1.23 bits per heavy atom. The van der Waals surface area contributed by atoms with Gasteiger partial charge in [0.25, 0.3) is 0 Å². The van der Waals surface area contributed by atoms with Crippen molar-refractivity contribution in [1.82, 2.24) is 25.2 Å². The molecular formula is C22H32N6O2. The number of pyridine rings is 1. The quantitative estimate of drug-likeness (QED) is 0.674. The van der Waals surface area contributed by atoms with Gasteiger partial charge >= 0.3 is 0 Å². The minimum Gasteiger partial charge on any atom is -0.492 e. The van der Waals surface area contributed by atoms with Crippen molar-refractivity contribution in [2.24, 2.45) is 0 Å². The van der Waals surface area contributed by atoms with E-state index in [1.807, 2.05) is 52.0 Å². The molecular weight excluding hydrogens is 380 g/mol. The third kappa shape index (κ3) is 5.66. The Balaban J connectivity index is 1.84. The molecule has 8 heteroatoms. The zero-order chi connectivity index (χ0) is 21.7. The van der Waals surface area contributed by atoms with Crippen LogP contribution in [0.4, 0.5) is 5.82 Å². The average molecular weight is 413 g/mol. The van der Waals surface area contributed by atoms with Gasteiger partial charge in [0.15, 0.2) is 5.82 Å². The van der Waals surface area contributed by atoms with Crippen LogP contribution in [0.3, 0.4) is 0 Å². The molecule has 2 aromatic heterocycles. The van der Waals surface area contributed by atoms with Crippen LogP contribution in [0.15, 0.2) is 18.3 Å². The molecule has 8 nitrogen and oxygen atoms in total. The van der Waals surface area contributed by atoms with E-state index in [1.165, 1.54) is 0 Å². The first kappa shape index (κ1) is 22.0. The molecule has 2 aromatic rings. The van der Waals surface area contributed by atoms with Crippen molar-refractivity contribution in [3.05, 3.63) is 29.6 Å². The average Bonchev–Trinajstić information content (AvgIpc) is 3.15. The van der Waals surface area contributed by atoms with Crippen LogP contribution in [0, 0.1) is 0 Å². The van der Waals surface area contributed by atoms with E-state index in [4.69, 9.17) is 14.7 Å². The number of carbonyl (C=O) groups excluding carboxylic acids is 1. The number of aromatic nitrogens is 3. The highest BCUT2D eigenvalue weighted by Crippen LogP contribution is 2.31. The number of nitrogens with zero attached hydrogens (tertiary/aromatic N) is 5. The third-order valence-corrected chi connectivity index (χ3v) is 4.87. The van der Waals surface area contributed by atoms with Gasteiger partial charge in [-0.1, -0.05) is 0 Å². The second-order valence-corrected chi connectivity index (χ2v) is 8.26. The third-order valence-electron chi connectivity index (χ3n) is 4.87. The summed E-state index contributed by atoms with van der Waals surface area (Å²) in [5.74, 6) is 2.11. The Hall–Kier alpha value is -2.74. The molecule has 1 aliphatic rings. The largest absolute Gasteiger partial charge is 0.492 e. The summed E-state index contributed by atoms with van der Waals surface area (Å²) in [6, 6.07) is 3.83. The Kier molecular flexibility index (Phi) is 7.20. The van der Waals surface area contributed by atoms with Crippen molar-refractivity contribution in [1.29, 1.82) is 0 Å². The van der Waals surface area contributed by atoms with Crippen molar-refractivity contribution in [2.45, 2.75) is 39.2 Å². The summed E-state index contributed by atoms with van der Waals surface area (Å²) in [6.45, 7) is 5.60. The lowest BCUT2D eigenvalue weighted by Crippen LogP contribution is -2.39. The molecule has 0 fully saturated rings. The number of carbonyl (C=O) groups is 1. The molecule has 1 N–H and O–H groups in total. The number of ether oxygens (including phenoxy) is 1. The summed E-state index contributed by atoms with van der Waals surface area (Å²) in [7, 11) is 5.93. The Bertz CT molecular complexity index is 884. The number of hydrogen-bond donors (Lipinski definition) is 1. The second-order valence-electron chi connectivity index (χ2n) is 8.26. The van der Waals surface area contributed by atoms with Crippen LogP contribution in [0.1, 0.15) is 31.5 Å². The van der Waals surface area contributed by atoms with Crippen molar-refractivity contribution < 1.29 is 9.53 Å². The fourth-order valence-electron chi connectivity index (χ4n) is 3.47. The highest BCUT2D eigenvalue weighted by Gasteiger charge is 2.23. The highest BCUT2D eigenvalue weighted by atomic mass is 16.5. The lowest BCUT2D eigenvalue weighted by atomic mass is 10.2. The number of anilines is 1. The van der Waals surface area contributed by atoms with Crippen molar-refractivity contribution >= 4 is 11.7 Å². The minimum atomic E-state index is -0.0196. The lowest BCUT2D eigenvalue weighted by molar-refractivity contribution is -0.120. The van der Waals surface area contributed by atoms with Crippen LogP contribution < -0.4 is 15.0 Å². The van der Waals surface area contributed by atoms with Crippen molar-refractivity contribution in [3.63, 3.8) is 0 Å². The molecule has 0 radical (unpaired) electrons. The first-order chi connectivity index (χ1) is 14.3. The predicted octanol–water partition coefficient (Wildman–Crippen LogP) is 1.93. The zero-order valence-corrected chi connectivity index (χ0v) is 18.6. The van der Waals surface area contributed by atoms with E-state index >= 15 is 0 Å². The van der Waals surface area contributed by atoms with Crippen LogP contribution in [0.2, 0.25) is 0 Å². The number of nitrogens with one attached hydrogen (secondary N) is 1. The van der Waals surface area contributed by atoms with Gasteiger partial charge in [-0.05, 0) is 53.3 Å². The molecule has 0 aromatic carbocycles. The van der Waals surface area contributed by atoms with Gasteiger partial charge in [-0.2, -0.15) is 0 Å². The summed E-state index contributed by atoms with van der Waals surface area (Å²) in [5, 5.41) is 2.94. The van der Waals surface area contributed by atoms with E-state index in [1.54, 1.807) is 6.20 Å². The van der Waals surface area contributed by atoms with Gasteiger partial charge in [-0.3, -0.25) is 9.78 Å². The molecule has 0 bridgehead atoms. The van der Waals surface area contributed by atoms with Gasteiger partial charge < -0.3 is 19.9 Å². The van der Waals surface area contributed by atoms with Crippen molar-refractivity contribution in [3.8, 4) is 17.3 Å².